The molecule has 31 heavy (non-hydrogen) atoms. The van der Waals surface area contributed by atoms with Crippen LogP contribution in [0.3, 0.4) is 0 Å². The van der Waals surface area contributed by atoms with Gasteiger partial charge in [-0.25, -0.2) is 0 Å². The molecule has 0 spiro atoms. The van der Waals surface area contributed by atoms with Crippen molar-refractivity contribution in [3.8, 4) is 0 Å². The van der Waals surface area contributed by atoms with E-state index in [2.05, 4.69) is 22.4 Å². The summed E-state index contributed by atoms with van der Waals surface area (Å²) in [5, 5.41) is 2.80. The lowest BCUT2D eigenvalue weighted by atomic mass is 10.3. The third-order valence-corrected chi connectivity index (χ3v) is 6.57. The summed E-state index contributed by atoms with van der Waals surface area (Å²) in [6.45, 7) is 5.24. The Labute approximate surface area is 190 Å². The van der Waals surface area contributed by atoms with Crippen LogP contribution in [0.15, 0.2) is 58.4 Å². The molecule has 164 valence electrons. The molecule has 0 aliphatic carbocycles. The quantitative estimate of drug-likeness (QED) is 0.354. The van der Waals surface area contributed by atoms with Crippen molar-refractivity contribution in [1.29, 1.82) is 0 Å². The molecular weight excluding hydrogens is 430 g/mol. The van der Waals surface area contributed by atoms with E-state index in [-0.39, 0.29) is 11.8 Å². The van der Waals surface area contributed by atoms with Gasteiger partial charge in [0, 0.05) is 37.1 Å². The summed E-state index contributed by atoms with van der Waals surface area (Å²) in [7, 11) is 0. The van der Waals surface area contributed by atoms with E-state index in [9.17, 15) is 9.59 Å². The lowest BCUT2D eigenvalue weighted by Crippen LogP contribution is -2.19. The van der Waals surface area contributed by atoms with E-state index < -0.39 is 0 Å². The molecule has 6 nitrogen and oxygen atoms in total. The Kier molecular flexibility index (Phi) is 8.87. The van der Waals surface area contributed by atoms with Gasteiger partial charge in [-0.2, -0.15) is 4.99 Å². The fraction of sp³-hybridized carbons (Fsp3) is 0.348. The normalized spacial score (nSPS) is 11.7. The van der Waals surface area contributed by atoms with E-state index in [1.165, 1.54) is 23.2 Å². The maximum absolute atomic E-state index is 12.5. The van der Waals surface area contributed by atoms with Crippen LogP contribution in [0.2, 0.25) is 0 Å². The summed E-state index contributed by atoms with van der Waals surface area (Å²) in [4.78, 5) is 30.2. The van der Waals surface area contributed by atoms with Crippen molar-refractivity contribution in [3.63, 3.8) is 0 Å². The number of carbonyl (C=O) groups excluding carboxylic acids is 2. The lowest BCUT2D eigenvalue weighted by Gasteiger charge is -2.06. The molecule has 8 heteroatoms. The topological polar surface area (TPSA) is 72.7 Å². The van der Waals surface area contributed by atoms with Crippen LogP contribution in [-0.4, -0.2) is 35.3 Å². The van der Waals surface area contributed by atoms with Crippen molar-refractivity contribution in [1.82, 2.24) is 4.57 Å². The fourth-order valence-electron chi connectivity index (χ4n) is 3.05. The summed E-state index contributed by atoms with van der Waals surface area (Å²) in [5.74, 6) is 0.642. The number of carbonyl (C=O) groups is 2. The molecule has 0 aliphatic heterocycles. The first-order valence-corrected chi connectivity index (χ1v) is 12.1. The van der Waals surface area contributed by atoms with Gasteiger partial charge in [-0.1, -0.05) is 29.5 Å². The third kappa shape index (κ3) is 7.05. The molecule has 0 saturated heterocycles. The molecule has 0 atom stereocenters. The molecule has 2 amide bonds. The van der Waals surface area contributed by atoms with E-state index in [1.807, 2.05) is 47.9 Å². The summed E-state index contributed by atoms with van der Waals surface area (Å²) in [6, 6.07) is 15.9. The Bertz CT molecular complexity index is 1090. The monoisotopic (exact) mass is 457 g/mol. The van der Waals surface area contributed by atoms with Gasteiger partial charge in [-0.05, 0) is 49.4 Å². The number of amides is 2. The Hall–Kier alpha value is -2.42. The summed E-state index contributed by atoms with van der Waals surface area (Å²) >= 11 is 3.20. The van der Waals surface area contributed by atoms with Crippen LogP contribution >= 0.6 is 23.1 Å². The fourth-order valence-corrected chi connectivity index (χ4v) is 5.04. The van der Waals surface area contributed by atoms with Gasteiger partial charge in [-0.15, -0.1) is 11.8 Å². The molecule has 3 rings (SSSR count). The zero-order valence-electron chi connectivity index (χ0n) is 17.8. The number of anilines is 1. The number of aromatic nitrogens is 1. The Balaban J connectivity index is 1.73. The van der Waals surface area contributed by atoms with Crippen LogP contribution in [0.1, 0.15) is 26.7 Å². The molecule has 0 aliphatic rings. The number of ether oxygens (including phenoxy) is 1. The molecule has 0 radical (unpaired) electrons. The minimum atomic E-state index is -0.118. The smallest absolute Gasteiger partial charge is 0.248 e. The highest BCUT2D eigenvalue weighted by molar-refractivity contribution is 7.99. The number of fused-ring (bicyclic) bond motifs is 1. The highest BCUT2D eigenvalue weighted by Gasteiger charge is 2.10. The van der Waals surface area contributed by atoms with E-state index >= 15 is 0 Å². The number of thioether (sulfide) groups is 1. The number of nitrogens with zero attached hydrogens (tertiary/aromatic N) is 2. The summed E-state index contributed by atoms with van der Waals surface area (Å²) < 4.78 is 8.50. The number of hydrogen-bond donors (Lipinski definition) is 1. The first-order chi connectivity index (χ1) is 15.1. The second-order valence-electron chi connectivity index (χ2n) is 6.87. The van der Waals surface area contributed by atoms with Gasteiger partial charge in [0.15, 0.2) is 4.80 Å². The second kappa shape index (κ2) is 11.8. The van der Waals surface area contributed by atoms with Crippen molar-refractivity contribution >= 4 is 50.8 Å². The van der Waals surface area contributed by atoms with Gasteiger partial charge in [0.05, 0.1) is 16.8 Å². The number of nitrogens with one attached hydrogen (secondary N) is 1. The first kappa shape index (κ1) is 23.2. The van der Waals surface area contributed by atoms with Crippen molar-refractivity contribution in [2.45, 2.75) is 38.1 Å². The predicted octanol–water partition coefficient (Wildman–Crippen LogP) is 4.70. The summed E-state index contributed by atoms with van der Waals surface area (Å²) in [5.41, 5.74) is 1.71. The number of hydrogen-bond acceptors (Lipinski definition) is 5. The van der Waals surface area contributed by atoms with Crippen LogP contribution in [0.4, 0.5) is 5.69 Å². The van der Waals surface area contributed by atoms with Crippen molar-refractivity contribution < 1.29 is 14.3 Å². The van der Waals surface area contributed by atoms with Gasteiger partial charge in [0.1, 0.15) is 0 Å². The van der Waals surface area contributed by atoms with Gasteiger partial charge in [0.2, 0.25) is 11.8 Å². The molecule has 1 N–H and O–H groups in total. The number of benzene rings is 2. The second-order valence-corrected chi connectivity index (χ2v) is 9.04. The Morgan fingerprint density at radius 3 is 2.74 bits per heavy atom. The molecule has 3 aromatic rings. The van der Waals surface area contributed by atoms with Crippen LogP contribution < -0.4 is 10.1 Å². The van der Waals surface area contributed by atoms with Gasteiger partial charge in [-0.3, -0.25) is 9.59 Å². The predicted molar refractivity (Wildman–Crippen MR) is 128 cm³/mol. The Morgan fingerprint density at radius 2 is 2.00 bits per heavy atom. The van der Waals surface area contributed by atoms with Gasteiger partial charge >= 0.3 is 0 Å². The van der Waals surface area contributed by atoms with Crippen LogP contribution in [0.25, 0.3) is 10.2 Å². The molecule has 2 aromatic carbocycles. The van der Waals surface area contributed by atoms with Crippen LogP contribution in [0.5, 0.6) is 0 Å². The largest absolute Gasteiger partial charge is 0.380 e. The number of thiazole rings is 1. The first-order valence-electron chi connectivity index (χ1n) is 10.3. The van der Waals surface area contributed by atoms with E-state index in [0.29, 0.717) is 31.0 Å². The van der Waals surface area contributed by atoms with Crippen molar-refractivity contribution in [3.05, 3.63) is 53.3 Å². The Morgan fingerprint density at radius 1 is 1.19 bits per heavy atom. The van der Waals surface area contributed by atoms with Crippen molar-refractivity contribution in [2.24, 2.45) is 4.99 Å². The minimum Gasteiger partial charge on any atom is -0.380 e. The molecule has 0 unspecified atom stereocenters. The molecule has 0 bridgehead atoms. The van der Waals surface area contributed by atoms with E-state index in [4.69, 9.17) is 4.74 Å². The standard InChI is InChI=1S/C23H27N3O3S2/c1-3-29-14-13-26-20-12-11-18(24-17(2)27)16-21(20)31-23(26)25-22(28)10-7-15-30-19-8-5-4-6-9-19/h4-6,8-9,11-12,16H,3,7,10,13-15H2,1-2H3,(H,24,27). The molecule has 0 saturated carbocycles. The van der Waals surface area contributed by atoms with Gasteiger partial charge in [0.25, 0.3) is 0 Å². The maximum Gasteiger partial charge on any atom is 0.248 e. The average Bonchev–Trinajstić information content (AvgIpc) is 3.08. The summed E-state index contributed by atoms with van der Waals surface area (Å²) in [6.07, 6.45) is 1.19. The molecule has 1 aromatic heterocycles. The molecular formula is C23H27N3O3S2. The zero-order valence-corrected chi connectivity index (χ0v) is 19.4. The van der Waals surface area contributed by atoms with E-state index in [0.717, 1.165) is 28.1 Å². The SMILES string of the molecule is CCOCCn1c(=NC(=O)CCCSc2ccccc2)sc2cc(NC(C)=O)ccc21. The lowest BCUT2D eigenvalue weighted by molar-refractivity contribution is -0.118. The highest BCUT2D eigenvalue weighted by atomic mass is 32.2. The number of rotatable bonds is 10. The molecule has 1 heterocycles. The van der Waals surface area contributed by atoms with Crippen LogP contribution in [0, 0.1) is 0 Å². The average molecular weight is 458 g/mol. The van der Waals surface area contributed by atoms with Crippen molar-refractivity contribution in [2.75, 3.05) is 24.3 Å². The highest BCUT2D eigenvalue weighted by Crippen LogP contribution is 2.22. The minimum absolute atomic E-state index is 0.117. The van der Waals surface area contributed by atoms with E-state index in [1.54, 1.807) is 11.8 Å². The maximum atomic E-state index is 12.5. The zero-order chi connectivity index (χ0) is 22.1. The molecule has 0 fully saturated rings. The van der Waals surface area contributed by atoms with Gasteiger partial charge < -0.3 is 14.6 Å². The third-order valence-electron chi connectivity index (χ3n) is 4.43. The van der Waals surface area contributed by atoms with Crippen LogP contribution in [-0.2, 0) is 20.9 Å².